The van der Waals surface area contributed by atoms with Crippen LogP contribution in [0.5, 0.6) is 5.75 Å². The molecule has 1 aromatic rings. The SMILES string of the molecule is CN(CC1(CN)CC1)c1cccc(O)c1. The van der Waals surface area contributed by atoms with Gasteiger partial charge < -0.3 is 15.7 Å². The fraction of sp³-hybridized carbons (Fsp3) is 0.500. The zero-order valence-electron chi connectivity index (χ0n) is 9.11. The molecule has 0 unspecified atom stereocenters. The van der Waals surface area contributed by atoms with Gasteiger partial charge in [-0.25, -0.2) is 0 Å². The van der Waals surface area contributed by atoms with Crippen molar-refractivity contribution in [2.45, 2.75) is 12.8 Å². The highest BCUT2D eigenvalue weighted by Gasteiger charge is 2.42. The number of anilines is 1. The molecule has 0 bridgehead atoms. The smallest absolute Gasteiger partial charge is 0.117 e. The number of hydrogen-bond donors (Lipinski definition) is 2. The van der Waals surface area contributed by atoms with Crippen LogP contribution in [0.25, 0.3) is 0 Å². The molecule has 0 amide bonds. The molecular weight excluding hydrogens is 188 g/mol. The number of rotatable bonds is 4. The largest absolute Gasteiger partial charge is 0.508 e. The van der Waals surface area contributed by atoms with Gasteiger partial charge in [0.15, 0.2) is 0 Å². The van der Waals surface area contributed by atoms with Crippen LogP contribution in [0.1, 0.15) is 12.8 Å². The van der Waals surface area contributed by atoms with E-state index < -0.39 is 0 Å². The Morgan fingerprint density at radius 2 is 2.20 bits per heavy atom. The van der Waals surface area contributed by atoms with Crippen LogP contribution in [0.3, 0.4) is 0 Å². The molecule has 0 radical (unpaired) electrons. The van der Waals surface area contributed by atoms with Gasteiger partial charge in [-0.3, -0.25) is 0 Å². The van der Waals surface area contributed by atoms with Gasteiger partial charge in [0, 0.05) is 30.8 Å². The summed E-state index contributed by atoms with van der Waals surface area (Å²) < 4.78 is 0. The first-order valence-electron chi connectivity index (χ1n) is 5.35. The van der Waals surface area contributed by atoms with Crippen molar-refractivity contribution in [3.63, 3.8) is 0 Å². The molecule has 1 aromatic carbocycles. The summed E-state index contributed by atoms with van der Waals surface area (Å²) in [6, 6.07) is 7.34. The molecule has 0 aromatic heterocycles. The summed E-state index contributed by atoms with van der Waals surface area (Å²) in [5.41, 5.74) is 7.13. The second-order valence-corrected chi connectivity index (χ2v) is 4.58. The normalized spacial score (nSPS) is 17.5. The predicted molar refractivity (Wildman–Crippen MR) is 62.1 cm³/mol. The Morgan fingerprint density at radius 3 is 2.73 bits per heavy atom. The maximum absolute atomic E-state index is 9.38. The van der Waals surface area contributed by atoms with E-state index in [4.69, 9.17) is 5.73 Å². The van der Waals surface area contributed by atoms with Gasteiger partial charge in [0.25, 0.3) is 0 Å². The maximum Gasteiger partial charge on any atom is 0.117 e. The average Bonchev–Trinajstić information content (AvgIpc) is 2.98. The molecule has 0 atom stereocenters. The standard InChI is InChI=1S/C12H18N2O/c1-14(9-12(8-13)5-6-12)10-3-2-4-11(15)7-10/h2-4,7,15H,5-6,8-9,13H2,1H3. The average molecular weight is 206 g/mol. The first kappa shape index (κ1) is 10.3. The van der Waals surface area contributed by atoms with Crippen molar-refractivity contribution in [3.8, 4) is 5.75 Å². The summed E-state index contributed by atoms with van der Waals surface area (Å²) >= 11 is 0. The fourth-order valence-corrected chi connectivity index (χ4v) is 1.93. The zero-order valence-corrected chi connectivity index (χ0v) is 9.11. The minimum absolute atomic E-state index is 0.317. The quantitative estimate of drug-likeness (QED) is 0.786. The van der Waals surface area contributed by atoms with E-state index in [1.165, 1.54) is 12.8 Å². The van der Waals surface area contributed by atoms with Crippen LogP contribution >= 0.6 is 0 Å². The van der Waals surface area contributed by atoms with E-state index >= 15 is 0 Å². The maximum atomic E-state index is 9.38. The van der Waals surface area contributed by atoms with Crippen LogP contribution in [-0.2, 0) is 0 Å². The van der Waals surface area contributed by atoms with Crippen LogP contribution < -0.4 is 10.6 Å². The molecule has 0 aliphatic heterocycles. The molecule has 0 heterocycles. The lowest BCUT2D eigenvalue weighted by molar-refractivity contribution is 0.474. The van der Waals surface area contributed by atoms with Crippen molar-refractivity contribution in [3.05, 3.63) is 24.3 Å². The van der Waals surface area contributed by atoms with Crippen molar-refractivity contribution >= 4 is 5.69 Å². The van der Waals surface area contributed by atoms with E-state index in [0.717, 1.165) is 18.8 Å². The van der Waals surface area contributed by atoms with E-state index in [-0.39, 0.29) is 0 Å². The fourth-order valence-electron chi connectivity index (χ4n) is 1.93. The first-order chi connectivity index (χ1) is 7.15. The summed E-state index contributed by atoms with van der Waals surface area (Å²) in [6.45, 7) is 1.74. The monoisotopic (exact) mass is 206 g/mol. The lowest BCUT2D eigenvalue weighted by Crippen LogP contribution is -2.31. The van der Waals surface area contributed by atoms with E-state index in [1.54, 1.807) is 12.1 Å². The zero-order chi connectivity index (χ0) is 10.9. The Kier molecular flexibility index (Phi) is 2.57. The van der Waals surface area contributed by atoms with Gasteiger partial charge in [-0.15, -0.1) is 0 Å². The van der Waals surface area contributed by atoms with Gasteiger partial charge in [-0.05, 0) is 31.5 Å². The van der Waals surface area contributed by atoms with Crippen molar-refractivity contribution in [1.82, 2.24) is 0 Å². The summed E-state index contributed by atoms with van der Waals surface area (Å²) in [5.74, 6) is 0.317. The summed E-state index contributed by atoms with van der Waals surface area (Å²) in [5, 5.41) is 9.38. The Hall–Kier alpha value is -1.22. The van der Waals surface area contributed by atoms with Gasteiger partial charge in [-0.1, -0.05) is 6.07 Å². The molecule has 1 fully saturated rings. The van der Waals surface area contributed by atoms with Crippen LogP contribution in [0.15, 0.2) is 24.3 Å². The third-order valence-electron chi connectivity index (χ3n) is 3.23. The minimum Gasteiger partial charge on any atom is -0.508 e. The molecule has 15 heavy (non-hydrogen) atoms. The Morgan fingerprint density at radius 1 is 1.47 bits per heavy atom. The third-order valence-corrected chi connectivity index (χ3v) is 3.23. The lowest BCUT2D eigenvalue weighted by Gasteiger charge is -2.24. The number of nitrogens with zero attached hydrogens (tertiary/aromatic N) is 1. The van der Waals surface area contributed by atoms with Crippen LogP contribution in [-0.4, -0.2) is 25.2 Å². The van der Waals surface area contributed by atoms with E-state index in [0.29, 0.717) is 11.2 Å². The number of aromatic hydroxyl groups is 1. The van der Waals surface area contributed by atoms with Crippen molar-refractivity contribution in [1.29, 1.82) is 0 Å². The van der Waals surface area contributed by atoms with Crippen LogP contribution in [0.4, 0.5) is 5.69 Å². The van der Waals surface area contributed by atoms with E-state index in [1.807, 2.05) is 19.2 Å². The van der Waals surface area contributed by atoms with Crippen LogP contribution in [0, 0.1) is 5.41 Å². The van der Waals surface area contributed by atoms with Crippen LogP contribution in [0.2, 0.25) is 0 Å². The topological polar surface area (TPSA) is 49.5 Å². The molecule has 1 saturated carbocycles. The summed E-state index contributed by atoms with van der Waals surface area (Å²) in [7, 11) is 2.05. The van der Waals surface area contributed by atoms with Gasteiger partial charge >= 0.3 is 0 Å². The minimum atomic E-state index is 0.317. The number of benzene rings is 1. The molecular formula is C12H18N2O. The highest BCUT2D eigenvalue weighted by molar-refractivity contribution is 5.50. The van der Waals surface area contributed by atoms with Gasteiger partial charge in [0.1, 0.15) is 5.75 Å². The molecule has 2 rings (SSSR count). The second-order valence-electron chi connectivity index (χ2n) is 4.58. The number of phenolic OH excluding ortho intramolecular Hbond substituents is 1. The van der Waals surface area contributed by atoms with E-state index in [9.17, 15) is 5.11 Å². The second kappa shape index (κ2) is 3.74. The molecule has 0 spiro atoms. The Balaban J connectivity index is 2.04. The highest BCUT2D eigenvalue weighted by Crippen LogP contribution is 2.45. The Labute approximate surface area is 90.5 Å². The van der Waals surface area contributed by atoms with Crippen molar-refractivity contribution in [2.75, 3.05) is 25.0 Å². The third kappa shape index (κ3) is 2.23. The molecule has 0 saturated heterocycles. The van der Waals surface area contributed by atoms with Crippen molar-refractivity contribution in [2.24, 2.45) is 11.1 Å². The lowest BCUT2D eigenvalue weighted by atomic mass is 10.1. The molecule has 82 valence electrons. The predicted octanol–water partition coefficient (Wildman–Crippen LogP) is 1.57. The number of hydrogen-bond acceptors (Lipinski definition) is 3. The highest BCUT2D eigenvalue weighted by atomic mass is 16.3. The first-order valence-corrected chi connectivity index (χ1v) is 5.35. The van der Waals surface area contributed by atoms with E-state index in [2.05, 4.69) is 4.90 Å². The van der Waals surface area contributed by atoms with Gasteiger partial charge in [0.05, 0.1) is 0 Å². The van der Waals surface area contributed by atoms with Crippen molar-refractivity contribution < 1.29 is 5.11 Å². The van der Waals surface area contributed by atoms with Gasteiger partial charge in [-0.2, -0.15) is 0 Å². The Bertz CT molecular complexity index is 347. The molecule has 3 N–H and O–H groups in total. The number of nitrogens with two attached hydrogens (primary N) is 1. The molecule has 3 heteroatoms. The molecule has 1 aliphatic carbocycles. The van der Waals surface area contributed by atoms with Gasteiger partial charge in [0.2, 0.25) is 0 Å². The molecule has 1 aliphatic rings. The summed E-state index contributed by atoms with van der Waals surface area (Å²) in [4.78, 5) is 2.17. The molecule has 3 nitrogen and oxygen atoms in total. The summed E-state index contributed by atoms with van der Waals surface area (Å²) in [6.07, 6.45) is 2.46. The number of phenols is 1.